The Hall–Kier alpha value is -1.15. The molecular formula is C14H22ClN3O3S. The van der Waals surface area contributed by atoms with Crippen LogP contribution in [0.3, 0.4) is 0 Å². The third-order valence-electron chi connectivity index (χ3n) is 3.78. The molecule has 0 bridgehead atoms. The van der Waals surface area contributed by atoms with Gasteiger partial charge in [0.05, 0.1) is 11.3 Å². The highest BCUT2D eigenvalue weighted by Crippen LogP contribution is 2.27. The highest BCUT2D eigenvalue weighted by molar-refractivity contribution is 7.88. The number of hydrogen-bond donors (Lipinski definition) is 3. The third kappa shape index (κ3) is 5.24. The Labute approximate surface area is 137 Å². The first kappa shape index (κ1) is 18.9. The topological polar surface area (TPSA) is 115 Å². The Balaban J connectivity index is 0.00000242. The lowest BCUT2D eigenvalue weighted by Gasteiger charge is -2.31. The molecule has 5 N–H and O–H groups in total. The average Bonchev–Trinajstić information content (AvgIpc) is 2.40. The summed E-state index contributed by atoms with van der Waals surface area (Å²) in [5.41, 5.74) is 6.55. The Morgan fingerprint density at radius 3 is 2.18 bits per heavy atom. The number of benzene rings is 1. The fraction of sp³-hybridized carbons (Fsp3) is 0.500. The smallest absolute Gasteiger partial charge is 0.244 e. The van der Waals surface area contributed by atoms with Crippen molar-refractivity contribution in [1.82, 2.24) is 0 Å². The number of nitrogens with one attached hydrogen (secondary N) is 1. The number of primary sulfonamides is 1. The van der Waals surface area contributed by atoms with E-state index in [0.717, 1.165) is 19.3 Å². The van der Waals surface area contributed by atoms with E-state index in [0.29, 0.717) is 24.1 Å². The molecule has 0 heterocycles. The predicted molar refractivity (Wildman–Crippen MR) is 89.1 cm³/mol. The van der Waals surface area contributed by atoms with Crippen LogP contribution >= 0.6 is 12.4 Å². The van der Waals surface area contributed by atoms with Crippen molar-refractivity contribution in [3.05, 3.63) is 29.8 Å². The second kappa shape index (κ2) is 7.41. The molecule has 22 heavy (non-hydrogen) atoms. The van der Waals surface area contributed by atoms with Gasteiger partial charge in [-0.2, -0.15) is 0 Å². The number of hydrogen-bond acceptors (Lipinski definition) is 4. The lowest BCUT2D eigenvalue weighted by molar-refractivity contribution is -0.122. The van der Waals surface area contributed by atoms with Crippen molar-refractivity contribution >= 4 is 34.0 Å². The average molecular weight is 348 g/mol. The molecule has 6 nitrogen and oxygen atoms in total. The summed E-state index contributed by atoms with van der Waals surface area (Å²) in [6.07, 6.45) is 4.45. The number of anilines is 1. The molecule has 0 aromatic heterocycles. The van der Waals surface area contributed by atoms with Crippen LogP contribution in [0.5, 0.6) is 0 Å². The molecular weight excluding hydrogens is 326 g/mol. The van der Waals surface area contributed by atoms with Gasteiger partial charge in [-0.05, 0) is 30.5 Å². The number of rotatable bonds is 4. The maximum Gasteiger partial charge on any atom is 0.244 e. The van der Waals surface area contributed by atoms with Crippen molar-refractivity contribution in [2.75, 3.05) is 5.32 Å². The molecule has 2 rings (SSSR count). The van der Waals surface area contributed by atoms with Gasteiger partial charge in [-0.1, -0.05) is 31.4 Å². The van der Waals surface area contributed by atoms with Gasteiger partial charge < -0.3 is 11.1 Å². The van der Waals surface area contributed by atoms with Crippen LogP contribution in [0.25, 0.3) is 0 Å². The van der Waals surface area contributed by atoms with Crippen LogP contribution in [-0.4, -0.2) is 19.9 Å². The van der Waals surface area contributed by atoms with E-state index in [1.807, 2.05) is 0 Å². The van der Waals surface area contributed by atoms with Gasteiger partial charge in [-0.15, -0.1) is 12.4 Å². The monoisotopic (exact) mass is 347 g/mol. The van der Waals surface area contributed by atoms with Gasteiger partial charge in [-0.3, -0.25) is 4.79 Å². The summed E-state index contributed by atoms with van der Waals surface area (Å²) in [6, 6.07) is 6.57. The van der Waals surface area contributed by atoms with Crippen LogP contribution in [0, 0.1) is 0 Å². The van der Waals surface area contributed by atoms with E-state index in [1.165, 1.54) is 0 Å². The molecule has 0 aliphatic heterocycles. The van der Waals surface area contributed by atoms with Gasteiger partial charge >= 0.3 is 0 Å². The highest BCUT2D eigenvalue weighted by Gasteiger charge is 2.35. The molecule has 1 aliphatic rings. The molecule has 124 valence electrons. The lowest BCUT2D eigenvalue weighted by atomic mass is 9.82. The van der Waals surface area contributed by atoms with E-state index >= 15 is 0 Å². The summed E-state index contributed by atoms with van der Waals surface area (Å²) < 4.78 is 22.0. The molecule has 1 aromatic rings. The van der Waals surface area contributed by atoms with Gasteiger partial charge in [0, 0.05) is 5.69 Å². The van der Waals surface area contributed by atoms with Crippen LogP contribution in [0.1, 0.15) is 37.7 Å². The number of nitrogens with two attached hydrogens (primary N) is 2. The van der Waals surface area contributed by atoms with Gasteiger partial charge in [0.25, 0.3) is 0 Å². The molecule has 1 aliphatic carbocycles. The van der Waals surface area contributed by atoms with Crippen molar-refractivity contribution in [2.45, 2.75) is 43.4 Å². The number of carbonyl (C=O) groups excluding carboxylic acids is 1. The fourth-order valence-corrected chi connectivity index (χ4v) is 3.24. The summed E-state index contributed by atoms with van der Waals surface area (Å²) in [6.45, 7) is 0. The molecule has 0 saturated heterocycles. The Morgan fingerprint density at radius 2 is 1.68 bits per heavy atom. The number of carbonyl (C=O) groups is 1. The van der Waals surface area contributed by atoms with E-state index in [1.54, 1.807) is 24.3 Å². The van der Waals surface area contributed by atoms with Gasteiger partial charge in [-0.25, -0.2) is 13.6 Å². The molecule has 1 amide bonds. The zero-order valence-electron chi connectivity index (χ0n) is 12.2. The van der Waals surface area contributed by atoms with Gasteiger partial charge in [0.2, 0.25) is 15.9 Å². The minimum Gasteiger partial charge on any atom is -0.324 e. The van der Waals surface area contributed by atoms with E-state index in [-0.39, 0.29) is 24.1 Å². The Kier molecular flexibility index (Phi) is 6.37. The molecule has 1 saturated carbocycles. The highest BCUT2D eigenvalue weighted by atomic mass is 35.5. The second-order valence-corrected chi connectivity index (χ2v) is 7.29. The van der Waals surface area contributed by atoms with Crippen molar-refractivity contribution in [2.24, 2.45) is 10.9 Å². The van der Waals surface area contributed by atoms with Crippen LogP contribution in [-0.2, 0) is 20.6 Å². The normalized spacial score (nSPS) is 17.4. The standard InChI is InChI=1S/C14H21N3O3S.ClH/c15-14(8-2-1-3-9-14)13(18)17-12-6-4-11(5-7-12)10-21(16,19)20;/h4-7H,1-3,8-10,15H2,(H,17,18)(H2,16,19,20);1H. The summed E-state index contributed by atoms with van der Waals surface area (Å²) in [5.74, 6) is -0.399. The number of sulfonamides is 1. The van der Waals surface area contributed by atoms with E-state index in [4.69, 9.17) is 10.9 Å². The molecule has 8 heteroatoms. The quantitative estimate of drug-likeness (QED) is 0.765. The molecule has 1 aromatic carbocycles. The van der Waals surface area contributed by atoms with E-state index in [9.17, 15) is 13.2 Å². The SMILES string of the molecule is Cl.NC1(C(=O)Nc2ccc(CS(N)(=O)=O)cc2)CCCCC1. The molecule has 1 fully saturated rings. The molecule has 0 unspecified atom stereocenters. The van der Waals surface area contributed by atoms with Crippen LogP contribution < -0.4 is 16.2 Å². The van der Waals surface area contributed by atoms with Crippen molar-refractivity contribution in [1.29, 1.82) is 0 Å². The van der Waals surface area contributed by atoms with Crippen molar-refractivity contribution < 1.29 is 13.2 Å². The molecule has 0 atom stereocenters. The number of amides is 1. The lowest BCUT2D eigenvalue weighted by Crippen LogP contribution is -2.52. The van der Waals surface area contributed by atoms with Gasteiger partial charge in [0.1, 0.15) is 0 Å². The Bertz CT molecular complexity index is 611. The fourth-order valence-electron chi connectivity index (χ4n) is 2.58. The van der Waals surface area contributed by atoms with Gasteiger partial charge in [0.15, 0.2) is 0 Å². The van der Waals surface area contributed by atoms with E-state index < -0.39 is 15.6 Å². The molecule has 0 radical (unpaired) electrons. The Morgan fingerprint density at radius 1 is 1.14 bits per heavy atom. The third-order valence-corrected chi connectivity index (χ3v) is 4.51. The zero-order chi connectivity index (χ0) is 15.5. The number of halogens is 1. The maximum absolute atomic E-state index is 12.3. The molecule has 0 spiro atoms. The van der Waals surface area contributed by atoms with Crippen LogP contribution in [0.4, 0.5) is 5.69 Å². The maximum atomic E-state index is 12.3. The first-order valence-corrected chi connectivity index (χ1v) is 8.70. The van der Waals surface area contributed by atoms with Crippen LogP contribution in [0.15, 0.2) is 24.3 Å². The minimum atomic E-state index is -3.55. The summed E-state index contributed by atoms with van der Waals surface area (Å²) in [5, 5.41) is 7.78. The zero-order valence-corrected chi connectivity index (χ0v) is 13.9. The van der Waals surface area contributed by atoms with E-state index in [2.05, 4.69) is 5.32 Å². The van der Waals surface area contributed by atoms with Crippen molar-refractivity contribution in [3.63, 3.8) is 0 Å². The summed E-state index contributed by atoms with van der Waals surface area (Å²) >= 11 is 0. The predicted octanol–water partition coefficient (Wildman–Crippen LogP) is 1.50. The second-order valence-electron chi connectivity index (χ2n) is 5.68. The first-order chi connectivity index (χ1) is 9.78. The summed E-state index contributed by atoms with van der Waals surface area (Å²) in [4.78, 5) is 12.3. The summed E-state index contributed by atoms with van der Waals surface area (Å²) in [7, 11) is -3.55. The van der Waals surface area contributed by atoms with Crippen LogP contribution in [0.2, 0.25) is 0 Å². The minimum absolute atomic E-state index is 0. The largest absolute Gasteiger partial charge is 0.324 e. The first-order valence-electron chi connectivity index (χ1n) is 6.98. The van der Waals surface area contributed by atoms with Crippen molar-refractivity contribution in [3.8, 4) is 0 Å².